The molecule has 16 heavy (non-hydrogen) atoms. The predicted molar refractivity (Wildman–Crippen MR) is 68.8 cm³/mol. The lowest BCUT2D eigenvalue weighted by atomic mass is 10.0. The summed E-state index contributed by atoms with van der Waals surface area (Å²) in [7, 11) is 4.04. The minimum Gasteiger partial charge on any atom is -0.383 e. The minimum absolute atomic E-state index is 0.533. The molecule has 2 atom stereocenters. The van der Waals surface area contributed by atoms with E-state index in [-0.39, 0.29) is 0 Å². The summed E-state index contributed by atoms with van der Waals surface area (Å²) in [6.07, 6.45) is 6.53. The first-order valence-electron chi connectivity index (χ1n) is 6.70. The maximum Gasteiger partial charge on any atom is 0.0615 e. The highest BCUT2D eigenvalue weighted by Gasteiger charge is 2.19. The second kappa shape index (κ2) is 8.04. The van der Waals surface area contributed by atoms with Gasteiger partial charge in [-0.25, -0.2) is 0 Å². The van der Waals surface area contributed by atoms with Crippen LogP contribution in [0.4, 0.5) is 0 Å². The average molecular weight is 228 g/mol. The Morgan fingerprint density at radius 2 is 2.25 bits per heavy atom. The van der Waals surface area contributed by atoms with E-state index in [2.05, 4.69) is 24.2 Å². The van der Waals surface area contributed by atoms with Crippen LogP contribution in [-0.2, 0) is 4.74 Å². The molecule has 0 bridgehead atoms. The van der Waals surface area contributed by atoms with Crippen LogP contribution < -0.4 is 5.32 Å². The van der Waals surface area contributed by atoms with Crippen LogP contribution in [0.3, 0.4) is 0 Å². The second-order valence-corrected chi connectivity index (χ2v) is 4.98. The van der Waals surface area contributed by atoms with Crippen LogP contribution in [0.25, 0.3) is 0 Å². The molecule has 0 spiro atoms. The monoisotopic (exact) mass is 228 g/mol. The molecule has 0 saturated carbocycles. The summed E-state index contributed by atoms with van der Waals surface area (Å²) in [5.41, 5.74) is 0. The lowest BCUT2D eigenvalue weighted by molar-refractivity contribution is 0.142. The lowest BCUT2D eigenvalue weighted by Gasteiger charge is -2.33. The summed E-state index contributed by atoms with van der Waals surface area (Å²) in [6, 6.07) is 1.26. The Labute approximate surface area is 101 Å². The maximum absolute atomic E-state index is 5.25. The highest BCUT2D eigenvalue weighted by Crippen LogP contribution is 2.14. The molecule has 3 nitrogen and oxygen atoms in total. The quantitative estimate of drug-likeness (QED) is 0.720. The molecule has 1 fully saturated rings. The van der Waals surface area contributed by atoms with Crippen molar-refractivity contribution < 1.29 is 4.74 Å². The predicted octanol–water partition coefficient (Wildman–Crippen LogP) is 1.88. The summed E-state index contributed by atoms with van der Waals surface area (Å²) >= 11 is 0. The Kier molecular flexibility index (Phi) is 7.01. The molecular formula is C13H28N2O. The first-order valence-corrected chi connectivity index (χ1v) is 6.70. The zero-order valence-corrected chi connectivity index (χ0v) is 11.2. The largest absolute Gasteiger partial charge is 0.383 e. The third kappa shape index (κ3) is 4.81. The Hall–Kier alpha value is -0.120. The highest BCUT2D eigenvalue weighted by atomic mass is 16.5. The van der Waals surface area contributed by atoms with E-state index < -0.39 is 0 Å². The SMILES string of the molecule is CCCC(COC)NCC1CCCCN1C. The van der Waals surface area contributed by atoms with Gasteiger partial charge in [0.15, 0.2) is 0 Å². The zero-order chi connectivity index (χ0) is 11.8. The number of ether oxygens (including phenoxy) is 1. The molecule has 0 aliphatic carbocycles. The van der Waals surface area contributed by atoms with E-state index in [1.807, 2.05) is 0 Å². The first kappa shape index (κ1) is 13.9. The van der Waals surface area contributed by atoms with E-state index in [9.17, 15) is 0 Å². The number of rotatable bonds is 7. The normalized spacial score (nSPS) is 24.6. The zero-order valence-electron chi connectivity index (χ0n) is 11.2. The van der Waals surface area contributed by atoms with Gasteiger partial charge in [-0.05, 0) is 32.9 Å². The first-order chi connectivity index (χ1) is 7.77. The van der Waals surface area contributed by atoms with Gasteiger partial charge in [-0.1, -0.05) is 19.8 Å². The number of hydrogen-bond donors (Lipinski definition) is 1. The van der Waals surface area contributed by atoms with Gasteiger partial charge >= 0.3 is 0 Å². The van der Waals surface area contributed by atoms with Gasteiger partial charge in [-0.2, -0.15) is 0 Å². The fourth-order valence-electron chi connectivity index (χ4n) is 2.50. The molecule has 2 unspecified atom stereocenters. The molecule has 0 amide bonds. The molecule has 0 aromatic carbocycles. The lowest BCUT2D eigenvalue weighted by Crippen LogP contribution is -2.46. The van der Waals surface area contributed by atoms with Crippen molar-refractivity contribution in [3.05, 3.63) is 0 Å². The van der Waals surface area contributed by atoms with Crippen LogP contribution in [0.5, 0.6) is 0 Å². The highest BCUT2D eigenvalue weighted by molar-refractivity contribution is 4.78. The van der Waals surface area contributed by atoms with Crippen LogP contribution >= 0.6 is 0 Å². The number of hydrogen-bond acceptors (Lipinski definition) is 3. The number of likely N-dealkylation sites (N-methyl/N-ethyl adjacent to an activating group) is 1. The van der Waals surface area contributed by atoms with Gasteiger partial charge in [0.2, 0.25) is 0 Å². The van der Waals surface area contributed by atoms with E-state index >= 15 is 0 Å². The Bertz CT molecular complexity index is 169. The molecule has 96 valence electrons. The molecule has 1 saturated heterocycles. The maximum atomic E-state index is 5.25. The third-order valence-corrected chi connectivity index (χ3v) is 3.57. The number of nitrogens with zero attached hydrogens (tertiary/aromatic N) is 1. The van der Waals surface area contributed by atoms with E-state index in [0.717, 1.165) is 19.2 Å². The smallest absolute Gasteiger partial charge is 0.0615 e. The van der Waals surface area contributed by atoms with Crippen molar-refractivity contribution in [1.29, 1.82) is 0 Å². The van der Waals surface area contributed by atoms with Gasteiger partial charge in [0, 0.05) is 25.7 Å². The van der Waals surface area contributed by atoms with Gasteiger partial charge in [-0.3, -0.25) is 0 Å². The van der Waals surface area contributed by atoms with Crippen molar-refractivity contribution >= 4 is 0 Å². The summed E-state index contributed by atoms with van der Waals surface area (Å²) in [5.74, 6) is 0. The molecule has 1 aliphatic rings. The number of nitrogens with one attached hydrogen (secondary N) is 1. The van der Waals surface area contributed by atoms with E-state index in [4.69, 9.17) is 4.74 Å². The van der Waals surface area contributed by atoms with Gasteiger partial charge in [0.05, 0.1) is 6.61 Å². The van der Waals surface area contributed by atoms with E-state index in [1.165, 1.54) is 38.6 Å². The third-order valence-electron chi connectivity index (χ3n) is 3.57. The Morgan fingerprint density at radius 3 is 2.88 bits per heavy atom. The molecule has 1 aliphatic heterocycles. The van der Waals surface area contributed by atoms with Crippen LogP contribution in [0.2, 0.25) is 0 Å². The summed E-state index contributed by atoms with van der Waals surface area (Å²) in [5, 5.41) is 3.66. The number of methoxy groups -OCH3 is 1. The average Bonchev–Trinajstić information content (AvgIpc) is 2.28. The number of piperidine rings is 1. The van der Waals surface area contributed by atoms with Crippen LogP contribution in [0.15, 0.2) is 0 Å². The van der Waals surface area contributed by atoms with E-state index in [1.54, 1.807) is 7.11 Å². The van der Waals surface area contributed by atoms with Gasteiger partial charge in [-0.15, -0.1) is 0 Å². The minimum atomic E-state index is 0.533. The van der Waals surface area contributed by atoms with Gasteiger partial charge in [0.1, 0.15) is 0 Å². The molecule has 3 heteroatoms. The number of likely N-dealkylation sites (tertiary alicyclic amines) is 1. The van der Waals surface area contributed by atoms with Crippen LogP contribution in [-0.4, -0.2) is 50.8 Å². The Balaban J connectivity index is 2.23. The van der Waals surface area contributed by atoms with Crippen molar-refractivity contribution in [3.63, 3.8) is 0 Å². The van der Waals surface area contributed by atoms with Crippen molar-refractivity contribution in [2.24, 2.45) is 0 Å². The van der Waals surface area contributed by atoms with Crippen molar-refractivity contribution in [3.8, 4) is 0 Å². The molecule has 1 N–H and O–H groups in total. The van der Waals surface area contributed by atoms with E-state index in [0.29, 0.717) is 6.04 Å². The van der Waals surface area contributed by atoms with Crippen molar-refractivity contribution in [1.82, 2.24) is 10.2 Å². The van der Waals surface area contributed by atoms with Crippen molar-refractivity contribution in [2.45, 2.75) is 51.1 Å². The summed E-state index contributed by atoms with van der Waals surface area (Å²) < 4.78 is 5.25. The molecule has 1 rings (SSSR count). The molecule has 0 aromatic heterocycles. The standard InChI is InChI=1S/C13H28N2O/c1-4-7-12(11-16-3)14-10-13-8-5-6-9-15(13)2/h12-14H,4-11H2,1-3H3. The van der Waals surface area contributed by atoms with Gasteiger partial charge < -0.3 is 15.0 Å². The van der Waals surface area contributed by atoms with Crippen LogP contribution in [0, 0.1) is 0 Å². The van der Waals surface area contributed by atoms with Crippen LogP contribution in [0.1, 0.15) is 39.0 Å². The molecule has 1 heterocycles. The molecule has 0 radical (unpaired) electrons. The molecular weight excluding hydrogens is 200 g/mol. The topological polar surface area (TPSA) is 24.5 Å². The van der Waals surface area contributed by atoms with Crippen molar-refractivity contribution in [2.75, 3.05) is 33.9 Å². The fourth-order valence-corrected chi connectivity index (χ4v) is 2.50. The summed E-state index contributed by atoms with van der Waals surface area (Å²) in [4.78, 5) is 2.49. The Morgan fingerprint density at radius 1 is 1.44 bits per heavy atom. The summed E-state index contributed by atoms with van der Waals surface area (Å²) in [6.45, 7) is 5.45. The fraction of sp³-hybridized carbons (Fsp3) is 1.00. The second-order valence-electron chi connectivity index (χ2n) is 4.98. The van der Waals surface area contributed by atoms with Gasteiger partial charge in [0.25, 0.3) is 0 Å². The molecule has 0 aromatic rings.